The van der Waals surface area contributed by atoms with Crippen molar-refractivity contribution in [1.82, 2.24) is 14.6 Å². The van der Waals surface area contributed by atoms with Crippen LogP contribution in [0.4, 0.5) is 10.8 Å². The summed E-state index contributed by atoms with van der Waals surface area (Å²) in [5, 5.41) is 6.85. The van der Waals surface area contributed by atoms with Gasteiger partial charge in [0.05, 0.1) is 6.20 Å². The Bertz CT molecular complexity index is 485. The molecule has 0 aliphatic rings. The summed E-state index contributed by atoms with van der Waals surface area (Å²) < 4.78 is 3.63. The van der Waals surface area contributed by atoms with Gasteiger partial charge in [-0.15, -0.1) is 5.10 Å². The first kappa shape index (κ1) is 10.5. The van der Waals surface area contributed by atoms with Gasteiger partial charge in [-0.2, -0.15) is 0 Å². The van der Waals surface area contributed by atoms with Gasteiger partial charge in [0.1, 0.15) is 10.8 Å². The van der Waals surface area contributed by atoms with Crippen molar-refractivity contribution in [3.63, 3.8) is 0 Å². The number of nitrogens with zero attached hydrogens (tertiary/aromatic N) is 3. The molecule has 2 aromatic heterocycles. The molecule has 0 aromatic carbocycles. The van der Waals surface area contributed by atoms with Crippen molar-refractivity contribution in [1.29, 1.82) is 0 Å². The van der Waals surface area contributed by atoms with Crippen molar-refractivity contribution in [2.24, 2.45) is 5.84 Å². The molecule has 2 aromatic rings. The van der Waals surface area contributed by atoms with Crippen LogP contribution in [-0.2, 0) is 0 Å². The Morgan fingerprint density at radius 2 is 2.38 bits per heavy atom. The third kappa shape index (κ3) is 2.30. The second-order valence-corrected chi connectivity index (χ2v) is 3.60. The van der Waals surface area contributed by atoms with Gasteiger partial charge in [-0.3, -0.25) is 4.79 Å². The molecule has 0 atom stereocenters. The molecule has 8 heteroatoms. The van der Waals surface area contributed by atoms with Gasteiger partial charge in [0.25, 0.3) is 5.91 Å². The normalized spacial score (nSPS) is 9.81. The zero-order chi connectivity index (χ0) is 11.4. The van der Waals surface area contributed by atoms with Crippen LogP contribution in [0.25, 0.3) is 0 Å². The molecule has 7 nitrogen and oxygen atoms in total. The molecule has 0 aliphatic carbocycles. The van der Waals surface area contributed by atoms with E-state index in [1.807, 2.05) is 0 Å². The molecule has 0 unspecified atom stereocenters. The van der Waals surface area contributed by atoms with Crippen molar-refractivity contribution in [3.8, 4) is 0 Å². The standard InChI is InChI=1S/C8H8N6OS/c9-13-6-3-5(1-2-10-6)8(15)12-7-4-11-14-16-7/h1-4H,9H2,(H,10,13)(H,12,15). The van der Waals surface area contributed by atoms with Crippen LogP contribution in [0.3, 0.4) is 0 Å². The first-order valence-electron chi connectivity index (χ1n) is 4.31. The summed E-state index contributed by atoms with van der Waals surface area (Å²) in [5.41, 5.74) is 2.82. The number of nitrogens with two attached hydrogens (primary N) is 1. The van der Waals surface area contributed by atoms with Crippen molar-refractivity contribution < 1.29 is 4.79 Å². The number of carbonyl (C=O) groups excluding carboxylic acids is 1. The highest BCUT2D eigenvalue weighted by Crippen LogP contribution is 2.12. The molecule has 2 heterocycles. The Hall–Kier alpha value is -2.06. The van der Waals surface area contributed by atoms with Crippen molar-refractivity contribution in [3.05, 3.63) is 30.1 Å². The number of nitrogens with one attached hydrogen (secondary N) is 2. The fourth-order valence-corrected chi connectivity index (χ4v) is 1.47. The van der Waals surface area contributed by atoms with Gasteiger partial charge in [0.2, 0.25) is 0 Å². The van der Waals surface area contributed by atoms with Crippen LogP contribution in [0, 0.1) is 0 Å². The number of carbonyl (C=O) groups is 1. The Morgan fingerprint density at radius 1 is 1.50 bits per heavy atom. The Balaban J connectivity index is 2.14. The second kappa shape index (κ2) is 4.64. The number of pyridine rings is 1. The summed E-state index contributed by atoms with van der Waals surface area (Å²) in [6.07, 6.45) is 2.97. The van der Waals surface area contributed by atoms with E-state index in [2.05, 4.69) is 25.3 Å². The highest BCUT2D eigenvalue weighted by molar-refractivity contribution is 7.10. The maximum absolute atomic E-state index is 11.7. The first-order valence-corrected chi connectivity index (χ1v) is 5.08. The minimum Gasteiger partial charge on any atom is -0.311 e. The van der Waals surface area contributed by atoms with Gasteiger partial charge in [-0.05, 0) is 12.1 Å². The number of aromatic nitrogens is 3. The molecule has 82 valence electrons. The van der Waals surface area contributed by atoms with Crippen LogP contribution in [-0.4, -0.2) is 20.5 Å². The van der Waals surface area contributed by atoms with Gasteiger partial charge in [-0.1, -0.05) is 4.49 Å². The predicted octanol–water partition coefficient (Wildman–Crippen LogP) is 0.471. The second-order valence-electron chi connectivity index (χ2n) is 2.81. The van der Waals surface area contributed by atoms with Crippen LogP contribution in [0.1, 0.15) is 10.4 Å². The summed E-state index contributed by atoms with van der Waals surface area (Å²) in [4.78, 5) is 15.6. The highest BCUT2D eigenvalue weighted by atomic mass is 32.1. The van der Waals surface area contributed by atoms with Gasteiger partial charge in [0.15, 0.2) is 0 Å². The Kier molecular flexibility index (Phi) is 3.03. The van der Waals surface area contributed by atoms with Crippen LogP contribution in [0.5, 0.6) is 0 Å². The smallest absolute Gasteiger partial charge is 0.256 e. The molecule has 2 rings (SSSR count). The number of anilines is 2. The molecule has 0 fully saturated rings. The zero-order valence-corrected chi connectivity index (χ0v) is 8.86. The largest absolute Gasteiger partial charge is 0.311 e. The Morgan fingerprint density at radius 3 is 3.06 bits per heavy atom. The number of rotatable bonds is 3. The maximum Gasteiger partial charge on any atom is 0.256 e. The topological polar surface area (TPSA) is 106 Å². The number of hydrazine groups is 1. The molecular formula is C8H8N6OS. The molecule has 0 radical (unpaired) electrons. The van der Waals surface area contributed by atoms with E-state index in [1.165, 1.54) is 12.4 Å². The van der Waals surface area contributed by atoms with E-state index in [1.54, 1.807) is 12.1 Å². The average molecular weight is 236 g/mol. The lowest BCUT2D eigenvalue weighted by atomic mass is 10.2. The lowest BCUT2D eigenvalue weighted by Crippen LogP contribution is -2.13. The van der Waals surface area contributed by atoms with Crippen molar-refractivity contribution >= 4 is 28.3 Å². The number of amides is 1. The van der Waals surface area contributed by atoms with E-state index in [-0.39, 0.29) is 5.91 Å². The molecule has 0 saturated heterocycles. The number of nitrogen functional groups attached to an aromatic ring is 1. The predicted molar refractivity (Wildman–Crippen MR) is 59.9 cm³/mol. The molecular weight excluding hydrogens is 228 g/mol. The average Bonchev–Trinajstić information content (AvgIpc) is 2.82. The molecule has 0 spiro atoms. The third-order valence-electron chi connectivity index (χ3n) is 1.77. The van der Waals surface area contributed by atoms with E-state index in [0.717, 1.165) is 11.5 Å². The van der Waals surface area contributed by atoms with Crippen molar-refractivity contribution in [2.45, 2.75) is 0 Å². The summed E-state index contributed by atoms with van der Waals surface area (Å²) >= 11 is 1.11. The van der Waals surface area contributed by atoms with E-state index >= 15 is 0 Å². The summed E-state index contributed by atoms with van der Waals surface area (Å²) in [6.45, 7) is 0. The molecule has 0 aliphatic heterocycles. The molecule has 0 saturated carbocycles. The zero-order valence-electron chi connectivity index (χ0n) is 8.04. The van der Waals surface area contributed by atoms with Crippen LogP contribution in [0.2, 0.25) is 0 Å². The van der Waals surface area contributed by atoms with Crippen LogP contribution < -0.4 is 16.6 Å². The minimum absolute atomic E-state index is 0.259. The van der Waals surface area contributed by atoms with Crippen molar-refractivity contribution in [2.75, 3.05) is 10.7 Å². The quantitative estimate of drug-likeness (QED) is 0.528. The minimum atomic E-state index is -0.259. The van der Waals surface area contributed by atoms with Crippen LogP contribution >= 0.6 is 11.5 Å². The van der Waals surface area contributed by atoms with E-state index in [0.29, 0.717) is 16.4 Å². The fraction of sp³-hybridized carbons (Fsp3) is 0. The van der Waals surface area contributed by atoms with Gasteiger partial charge in [-0.25, -0.2) is 10.8 Å². The summed E-state index contributed by atoms with van der Waals surface area (Å²) in [6, 6.07) is 3.13. The van der Waals surface area contributed by atoms with E-state index in [4.69, 9.17) is 5.84 Å². The fourth-order valence-electron chi connectivity index (χ4n) is 1.06. The summed E-state index contributed by atoms with van der Waals surface area (Å²) in [7, 11) is 0. The lowest BCUT2D eigenvalue weighted by Gasteiger charge is -2.03. The molecule has 16 heavy (non-hydrogen) atoms. The molecule has 4 N–H and O–H groups in total. The third-order valence-corrected chi connectivity index (χ3v) is 2.35. The van der Waals surface area contributed by atoms with Gasteiger partial charge >= 0.3 is 0 Å². The SMILES string of the molecule is NNc1cc(C(=O)Nc2cnns2)ccn1. The van der Waals surface area contributed by atoms with Gasteiger partial charge < -0.3 is 10.7 Å². The van der Waals surface area contributed by atoms with Crippen LogP contribution in [0.15, 0.2) is 24.5 Å². The lowest BCUT2D eigenvalue weighted by molar-refractivity contribution is 0.102. The number of hydrogen-bond donors (Lipinski definition) is 3. The van der Waals surface area contributed by atoms with Gasteiger partial charge in [0, 0.05) is 23.3 Å². The monoisotopic (exact) mass is 236 g/mol. The highest BCUT2D eigenvalue weighted by Gasteiger charge is 2.08. The van der Waals surface area contributed by atoms with E-state index < -0.39 is 0 Å². The first-order chi connectivity index (χ1) is 7.79. The maximum atomic E-state index is 11.7. The van der Waals surface area contributed by atoms with E-state index in [9.17, 15) is 4.79 Å². The summed E-state index contributed by atoms with van der Waals surface area (Å²) in [5.74, 6) is 5.36. The molecule has 0 bridgehead atoms. The molecule has 1 amide bonds. The Labute approximate surface area is 94.8 Å². The number of hydrogen-bond acceptors (Lipinski definition) is 7.